The van der Waals surface area contributed by atoms with Gasteiger partial charge in [-0.25, -0.2) is 0 Å². The monoisotopic (exact) mass is 444 g/mol. The highest BCUT2D eigenvalue weighted by Gasteiger charge is 2.23. The molecule has 0 radical (unpaired) electrons. The minimum atomic E-state index is 0.0146. The highest BCUT2D eigenvalue weighted by Crippen LogP contribution is 2.40. The van der Waals surface area contributed by atoms with E-state index in [2.05, 4.69) is 4.90 Å². The standard InChI is InChI=1S/C24H29ClN2O4/c1-17(19-7-5-6-8-20(19)25)15-22(28)27-13-11-26(12-14-27)16-18-9-10-21(29-2)24(31-4)23(18)30-3/h5-10,15H,11-14,16H2,1-4H3/b17-15-. The van der Waals surface area contributed by atoms with Gasteiger partial charge in [-0.3, -0.25) is 9.69 Å². The van der Waals surface area contributed by atoms with E-state index in [1.807, 2.05) is 48.2 Å². The van der Waals surface area contributed by atoms with Crippen molar-refractivity contribution in [3.63, 3.8) is 0 Å². The van der Waals surface area contributed by atoms with Crippen LogP contribution in [-0.4, -0.2) is 63.2 Å². The number of allylic oxidation sites excluding steroid dienone is 1. The fourth-order valence-corrected chi connectivity index (χ4v) is 4.08. The predicted molar refractivity (Wildman–Crippen MR) is 123 cm³/mol. The van der Waals surface area contributed by atoms with Crippen molar-refractivity contribution in [1.82, 2.24) is 9.80 Å². The van der Waals surface area contributed by atoms with E-state index in [9.17, 15) is 4.79 Å². The summed E-state index contributed by atoms with van der Waals surface area (Å²) in [5, 5.41) is 0.651. The van der Waals surface area contributed by atoms with E-state index in [-0.39, 0.29) is 5.91 Å². The first-order valence-corrected chi connectivity index (χ1v) is 10.6. The summed E-state index contributed by atoms with van der Waals surface area (Å²) in [6, 6.07) is 11.4. The van der Waals surface area contributed by atoms with Gasteiger partial charge in [0.15, 0.2) is 11.5 Å². The average Bonchev–Trinajstić information content (AvgIpc) is 2.79. The normalized spacial score (nSPS) is 15.0. The molecule has 0 aromatic heterocycles. The molecule has 0 aliphatic carbocycles. The second-order valence-electron chi connectivity index (χ2n) is 7.40. The van der Waals surface area contributed by atoms with Gasteiger partial charge in [-0.1, -0.05) is 35.9 Å². The third-order valence-corrected chi connectivity index (χ3v) is 5.83. The molecule has 1 amide bonds. The third kappa shape index (κ3) is 5.32. The van der Waals surface area contributed by atoms with Gasteiger partial charge in [0.05, 0.1) is 21.3 Å². The molecule has 0 atom stereocenters. The molecular formula is C24H29ClN2O4. The summed E-state index contributed by atoms with van der Waals surface area (Å²) in [6.45, 7) is 5.52. The van der Waals surface area contributed by atoms with Gasteiger partial charge in [0.25, 0.3) is 0 Å². The van der Waals surface area contributed by atoms with E-state index in [4.69, 9.17) is 25.8 Å². The Balaban J connectivity index is 1.63. The van der Waals surface area contributed by atoms with E-state index < -0.39 is 0 Å². The Kier molecular flexibility index (Phi) is 7.82. The van der Waals surface area contributed by atoms with E-state index in [1.54, 1.807) is 27.4 Å². The van der Waals surface area contributed by atoms with Gasteiger partial charge in [0, 0.05) is 49.4 Å². The largest absolute Gasteiger partial charge is 0.493 e. The number of hydrogen-bond acceptors (Lipinski definition) is 5. The summed E-state index contributed by atoms with van der Waals surface area (Å²) in [5.74, 6) is 1.93. The quantitative estimate of drug-likeness (QED) is 0.601. The smallest absolute Gasteiger partial charge is 0.246 e. The fraction of sp³-hybridized carbons (Fsp3) is 0.375. The van der Waals surface area contributed by atoms with E-state index in [0.29, 0.717) is 41.9 Å². The number of piperazine rings is 1. The van der Waals surface area contributed by atoms with Crippen molar-refractivity contribution in [2.75, 3.05) is 47.5 Å². The van der Waals surface area contributed by atoms with Crippen molar-refractivity contribution in [2.24, 2.45) is 0 Å². The topological polar surface area (TPSA) is 51.2 Å². The van der Waals surface area contributed by atoms with Crippen LogP contribution >= 0.6 is 11.6 Å². The Hall–Kier alpha value is -2.70. The summed E-state index contributed by atoms with van der Waals surface area (Å²) < 4.78 is 16.4. The Morgan fingerprint density at radius 2 is 1.65 bits per heavy atom. The Bertz CT molecular complexity index is 953. The number of halogens is 1. The third-order valence-electron chi connectivity index (χ3n) is 5.50. The van der Waals surface area contributed by atoms with Crippen molar-refractivity contribution in [3.05, 3.63) is 58.6 Å². The van der Waals surface area contributed by atoms with Crippen LogP contribution in [0.4, 0.5) is 0 Å². The van der Waals surface area contributed by atoms with E-state index in [0.717, 1.165) is 29.8 Å². The molecular weight excluding hydrogens is 416 g/mol. The second kappa shape index (κ2) is 10.6. The van der Waals surface area contributed by atoms with Crippen LogP contribution in [0.15, 0.2) is 42.5 Å². The lowest BCUT2D eigenvalue weighted by Gasteiger charge is -2.34. The summed E-state index contributed by atoms with van der Waals surface area (Å²) in [7, 11) is 4.84. The van der Waals surface area contributed by atoms with Crippen molar-refractivity contribution < 1.29 is 19.0 Å². The number of carbonyl (C=O) groups excluding carboxylic acids is 1. The molecule has 1 saturated heterocycles. The first kappa shape index (κ1) is 23.0. The van der Waals surface area contributed by atoms with Gasteiger partial charge in [-0.05, 0) is 30.2 Å². The SMILES string of the molecule is COc1ccc(CN2CCN(C(=O)/C=C(/C)c3ccccc3Cl)CC2)c(OC)c1OC. The molecule has 0 saturated carbocycles. The van der Waals surface area contributed by atoms with Crippen molar-refractivity contribution in [2.45, 2.75) is 13.5 Å². The van der Waals surface area contributed by atoms with E-state index in [1.165, 1.54) is 0 Å². The number of hydrogen-bond donors (Lipinski definition) is 0. The summed E-state index contributed by atoms with van der Waals surface area (Å²) in [5.41, 5.74) is 2.78. The zero-order valence-corrected chi connectivity index (χ0v) is 19.2. The number of nitrogens with zero attached hydrogens (tertiary/aromatic N) is 2. The Morgan fingerprint density at radius 3 is 2.26 bits per heavy atom. The highest BCUT2D eigenvalue weighted by molar-refractivity contribution is 6.32. The Labute approximate surface area is 188 Å². The lowest BCUT2D eigenvalue weighted by atomic mass is 10.1. The van der Waals surface area contributed by atoms with Gasteiger partial charge in [-0.2, -0.15) is 0 Å². The number of ether oxygens (including phenoxy) is 3. The number of benzene rings is 2. The van der Waals surface area contributed by atoms with Crippen molar-refractivity contribution >= 4 is 23.1 Å². The molecule has 0 N–H and O–H groups in total. The number of methoxy groups -OCH3 is 3. The summed E-state index contributed by atoms with van der Waals surface area (Å²) in [4.78, 5) is 16.9. The maximum Gasteiger partial charge on any atom is 0.246 e. The number of rotatable bonds is 7. The molecule has 2 aromatic carbocycles. The molecule has 6 nitrogen and oxygen atoms in total. The molecule has 0 unspecified atom stereocenters. The maximum absolute atomic E-state index is 12.8. The number of amides is 1. The first-order valence-electron chi connectivity index (χ1n) is 10.2. The number of carbonyl (C=O) groups is 1. The zero-order valence-electron chi connectivity index (χ0n) is 18.5. The minimum absolute atomic E-state index is 0.0146. The lowest BCUT2D eigenvalue weighted by molar-refractivity contribution is -0.127. The van der Waals surface area contributed by atoms with Crippen LogP contribution in [0.1, 0.15) is 18.1 Å². The highest BCUT2D eigenvalue weighted by atomic mass is 35.5. The molecule has 7 heteroatoms. The molecule has 1 heterocycles. The first-order chi connectivity index (χ1) is 15.0. The maximum atomic E-state index is 12.8. The summed E-state index contributed by atoms with van der Waals surface area (Å²) >= 11 is 6.25. The van der Waals surface area contributed by atoms with Crippen LogP contribution in [0, 0.1) is 0 Å². The zero-order chi connectivity index (χ0) is 22.4. The summed E-state index contributed by atoms with van der Waals surface area (Å²) in [6.07, 6.45) is 1.67. The molecule has 1 aliphatic rings. The van der Waals surface area contributed by atoms with Gasteiger partial charge in [0.2, 0.25) is 11.7 Å². The van der Waals surface area contributed by atoms with Crippen molar-refractivity contribution in [1.29, 1.82) is 0 Å². The van der Waals surface area contributed by atoms with Gasteiger partial charge < -0.3 is 19.1 Å². The molecule has 1 fully saturated rings. The van der Waals surface area contributed by atoms with Crippen LogP contribution in [0.25, 0.3) is 5.57 Å². The molecule has 1 aliphatic heterocycles. The molecule has 0 spiro atoms. The fourth-order valence-electron chi connectivity index (χ4n) is 3.79. The van der Waals surface area contributed by atoms with Gasteiger partial charge in [0.1, 0.15) is 0 Å². The second-order valence-corrected chi connectivity index (χ2v) is 7.81. The van der Waals surface area contributed by atoms with Gasteiger partial charge in [-0.15, -0.1) is 0 Å². The van der Waals surface area contributed by atoms with Crippen LogP contribution in [0.2, 0.25) is 5.02 Å². The van der Waals surface area contributed by atoms with Crippen molar-refractivity contribution in [3.8, 4) is 17.2 Å². The van der Waals surface area contributed by atoms with Crippen LogP contribution < -0.4 is 14.2 Å². The molecule has 3 rings (SSSR count). The molecule has 2 aromatic rings. The van der Waals surface area contributed by atoms with Crippen LogP contribution in [-0.2, 0) is 11.3 Å². The molecule has 166 valence electrons. The average molecular weight is 445 g/mol. The lowest BCUT2D eigenvalue weighted by Crippen LogP contribution is -2.47. The van der Waals surface area contributed by atoms with Crippen LogP contribution in [0.3, 0.4) is 0 Å². The molecule has 0 bridgehead atoms. The molecule has 31 heavy (non-hydrogen) atoms. The van der Waals surface area contributed by atoms with Crippen LogP contribution in [0.5, 0.6) is 17.2 Å². The van der Waals surface area contributed by atoms with E-state index >= 15 is 0 Å². The Morgan fingerprint density at radius 1 is 0.968 bits per heavy atom. The minimum Gasteiger partial charge on any atom is -0.493 e. The van der Waals surface area contributed by atoms with Gasteiger partial charge >= 0.3 is 0 Å². The predicted octanol–water partition coefficient (Wildman–Crippen LogP) is 4.11.